The molecule has 1 aromatic carbocycles. The quantitative estimate of drug-likeness (QED) is 0.839. The molecule has 0 spiro atoms. The van der Waals surface area contributed by atoms with Crippen molar-refractivity contribution in [3.8, 4) is 0 Å². The van der Waals surface area contributed by atoms with Gasteiger partial charge in [-0.1, -0.05) is 37.3 Å². The number of carbonyl (C=O) groups excluding carboxylic acids is 1. The molecule has 1 aliphatic rings. The van der Waals surface area contributed by atoms with Gasteiger partial charge >= 0.3 is 5.97 Å². The van der Waals surface area contributed by atoms with E-state index in [4.69, 9.17) is 11.6 Å². The van der Waals surface area contributed by atoms with Crippen molar-refractivity contribution in [2.45, 2.75) is 51.0 Å². The molecule has 0 heterocycles. The van der Waals surface area contributed by atoms with Crippen LogP contribution in [0.2, 0.25) is 5.02 Å². The second-order valence-corrected chi connectivity index (χ2v) is 6.15. The number of hydrogen-bond acceptors (Lipinski definition) is 2. The molecule has 1 saturated carbocycles. The Hall–Kier alpha value is -1.55. The van der Waals surface area contributed by atoms with Gasteiger partial charge in [0.25, 0.3) is 5.91 Å². The van der Waals surface area contributed by atoms with Gasteiger partial charge in [-0.15, -0.1) is 0 Å². The highest BCUT2D eigenvalue weighted by Gasteiger charge is 2.40. The lowest BCUT2D eigenvalue weighted by Crippen LogP contribution is -2.54. The lowest BCUT2D eigenvalue weighted by atomic mass is 9.89. The zero-order valence-electron chi connectivity index (χ0n) is 12.1. The maximum atomic E-state index is 12.4. The van der Waals surface area contributed by atoms with Crippen LogP contribution in [0.3, 0.4) is 0 Å². The van der Waals surface area contributed by atoms with Gasteiger partial charge in [-0.25, -0.2) is 4.79 Å². The number of amides is 1. The second kappa shape index (κ2) is 6.48. The van der Waals surface area contributed by atoms with Gasteiger partial charge in [0.05, 0.1) is 0 Å². The molecule has 2 N–H and O–H groups in total. The third kappa shape index (κ3) is 3.56. The monoisotopic (exact) mass is 309 g/mol. The van der Waals surface area contributed by atoms with Crippen LogP contribution in [0.1, 0.15) is 54.4 Å². The Labute approximate surface area is 129 Å². The van der Waals surface area contributed by atoms with E-state index in [1.807, 2.05) is 0 Å². The molecule has 4 nitrogen and oxygen atoms in total. The zero-order chi connectivity index (χ0) is 15.5. The van der Waals surface area contributed by atoms with E-state index in [1.54, 1.807) is 25.1 Å². The number of carboxylic acid groups (broad SMARTS) is 1. The van der Waals surface area contributed by atoms with Crippen molar-refractivity contribution in [3.63, 3.8) is 0 Å². The normalized spacial score (nSPS) is 17.8. The predicted octanol–water partition coefficient (Wildman–Crippen LogP) is 3.56. The number of aryl methyl sites for hydroxylation is 1. The highest BCUT2D eigenvalue weighted by atomic mass is 35.5. The van der Waals surface area contributed by atoms with Crippen molar-refractivity contribution in [1.82, 2.24) is 5.32 Å². The predicted molar refractivity (Wildman–Crippen MR) is 81.7 cm³/mol. The van der Waals surface area contributed by atoms with Gasteiger partial charge < -0.3 is 10.4 Å². The minimum absolute atomic E-state index is 0.339. The Morgan fingerprint density at radius 2 is 1.81 bits per heavy atom. The maximum absolute atomic E-state index is 12.4. The third-order valence-electron chi connectivity index (χ3n) is 4.15. The van der Waals surface area contributed by atoms with Gasteiger partial charge in [0.15, 0.2) is 0 Å². The SMILES string of the molecule is Cc1cc(Cl)ccc1C(=O)NC1(C(=O)O)CCCCCC1. The fourth-order valence-corrected chi connectivity index (χ4v) is 3.12. The minimum atomic E-state index is -1.14. The Morgan fingerprint density at radius 1 is 1.19 bits per heavy atom. The Balaban J connectivity index is 2.24. The third-order valence-corrected chi connectivity index (χ3v) is 4.39. The number of nitrogens with one attached hydrogen (secondary N) is 1. The number of benzene rings is 1. The van der Waals surface area contributed by atoms with Gasteiger partial charge in [0, 0.05) is 10.6 Å². The Kier molecular flexibility index (Phi) is 4.88. The van der Waals surface area contributed by atoms with Crippen molar-refractivity contribution < 1.29 is 14.7 Å². The van der Waals surface area contributed by atoms with Crippen molar-refractivity contribution in [2.75, 3.05) is 0 Å². The summed E-state index contributed by atoms with van der Waals surface area (Å²) in [4.78, 5) is 24.1. The van der Waals surface area contributed by atoms with Gasteiger partial charge in [0.1, 0.15) is 5.54 Å². The molecule has 114 valence electrons. The summed E-state index contributed by atoms with van der Waals surface area (Å²) >= 11 is 5.89. The van der Waals surface area contributed by atoms with Crippen LogP contribution < -0.4 is 5.32 Å². The first-order valence-corrected chi connectivity index (χ1v) is 7.64. The summed E-state index contributed by atoms with van der Waals surface area (Å²) in [6.07, 6.45) is 4.66. The number of rotatable bonds is 3. The van der Waals surface area contributed by atoms with E-state index in [9.17, 15) is 14.7 Å². The average Bonchev–Trinajstić information content (AvgIpc) is 2.65. The van der Waals surface area contributed by atoms with Crippen LogP contribution in [0.25, 0.3) is 0 Å². The molecule has 0 bridgehead atoms. The summed E-state index contributed by atoms with van der Waals surface area (Å²) in [6, 6.07) is 4.99. The summed E-state index contributed by atoms with van der Waals surface area (Å²) in [6.45, 7) is 1.79. The topological polar surface area (TPSA) is 66.4 Å². The van der Waals surface area contributed by atoms with Crippen LogP contribution in [-0.2, 0) is 4.79 Å². The molecule has 0 radical (unpaired) electrons. The van der Waals surface area contributed by atoms with Crippen LogP contribution in [-0.4, -0.2) is 22.5 Å². The largest absolute Gasteiger partial charge is 0.480 e. The molecule has 1 aromatic rings. The van der Waals surface area contributed by atoms with Crippen molar-refractivity contribution >= 4 is 23.5 Å². The average molecular weight is 310 g/mol. The lowest BCUT2D eigenvalue weighted by molar-refractivity contribution is -0.145. The van der Waals surface area contributed by atoms with Crippen molar-refractivity contribution in [2.24, 2.45) is 0 Å². The van der Waals surface area contributed by atoms with Gasteiger partial charge in [0.2, 0.25) is 0 Å². The highest BCUT2D eigenvalue weighted by molar-refractivity contribution is 6.30. The Bertz CT molecular complexity index is 548. The molecule has 1 aliphatic carbocycles. The summed E-state index contributed by atoms with van der Waals surface area (Å²) < 4.78 is 0. The maximum Gasteiger partial charge on any atom is 0.329 e. The molecule has 0 unspecified atom stereocenters. The van der Waals surface area contributed by atoms with Crippen molar-refractivity contribution in [1.29, 1.82) is 0 Å². The van der Waals surface area contributed by atoms with E-state index in [0.717, 1.165) is 31.2 Å². The van der Waals surface area contributed by atoms with E-state index in [-0.39, 0.29) is 5.91 Å². The van der Waals surface area contributed by atoms with Crippen LogP contribution in [0, 0.1) is 6.92 Å². The zero-order valence-corrected chi connectivity index (χ0v) is 12.9. The smallest absolute Gasteiger partial charge is 0.329 e. The van der Waals surface area contributed by atoms with Crippen molar-refractivity contribution in [3.05, 3.63) is 34.3 Å². The molecule has 1 amide bonds. The molecule has 1 fully saturated rings. The molecule has 5 heteroatoms. The Morgan fingerprint density at radius 3 is 2.33 bits per heavy atom. The number of carbonyl (C=O) groups is 2. The van der Waals surface area contributed by atoms with Crippen LogP contribution in [0.4, 0.5) is 0 Å². The summed E-state index contributed by atoms with van der Waals surface area (Å²) in [5.41, 5.74) is 0.0815. The van der Waals surface area contributed by atoms with Crippen LogP contribution in [0.15, 0.2) is 18.2 Å². The number of halogens is 1. The highest BCUT2D eigenvalue weighted by Crippen LogP contribution is 2.28. The fourth-order valence-electron chi connectivity index (χ4n) is 2.89. The van der Waals surface area contributed by atoms with E-state index < -0.39 is 11.5 Å². The van der Waals surface area contributed by atoms with E-state index in [0.29, 0.717) is 23.4 Å². The minimum Gasteiger partial charge on any atom is -0.480 e. The van der Waals surface area contributed by atoms with Gasteiger partial charge in [-0.3, -0.25) is 4.79 Å². The first kappa shape index (κ1) is 15.8. The molecule has 21 heavy (non-hydrogen) atoms. The summed E-state index contributed by atoms with van der Waals surface area (Å²) in [7, 11) is 0. The number of hydrogen-bond donors (Lipinski definition) is 2. The molecule has 0 aromatic heterocycles. The number of aliphatic carboxylic acids is 1. The molecule has 0 aliphatic heterocycles. The lowest BCUT2D eigenvalue weighted by Gasteiger charge is -2.29. The first-order chi connectivity index (χ1) is 9.94. The standard InChI is InChI=1S/C16H20ClNO3/c1-11-10-12(17)6-7-13(11)14(19)18-16(15(20)21)8-4-2-3-5-9-16/h6-7,10H,2-5,8-9H2,1H3,(H,18,19)(H,20,21). The van der Waals surface area contributed by atoms with Crippen LogP contribution >= 0.6 is 11.6 Å². The molecule has 2 rings (SSSR count). The molecule has 0 atom stereocenters. The van der Waals surface area contributed by atoms with E-state index >= 15 is 0 Å². The van der Waals surface area contributed by atoms with Gasteiger partial charge in [-0.05, 0) is 43.5 Å². The molecular weight excluding hydrogens is 290 g/mol. The molecule has 0 saturated heterocycles. The van der Waals surface area contributed by atoms with E-state index in [2.05, 4.69) is 5.32 Å². The van der Waals surface area contributed by atoms with E-state index in [1.165, 1.54) is 0 Å². The first-order valence-electron chi connectivity index (χ1n) is 7.27. The second-order valence-electron chi connectivity index (χ2n) is 5.71. The summed E-state index contributed by atoms with van der Waals surface area (Å²) in [5.74, 6) is -1.28. The van der Waals surface area contributed by atoms with Gasteiger partial charge in [-0.2, -0.15) is 0 Å². The molecular formula is C16H20ClNO3. The fraction of sp³-hybridized carbons (Fsp3) is 0.500. The van der Waals surface area contributed by atoms with Crippen LogP contribution in [0.5, 0.6) is 0 Å². The number of carboxylic acids is 1. The summed E-state index contributed by atoms with van der Waals surface area (Å²) in [5, 5.41) is 12.9.